The van der Waals surface area contributed by atoms with Crippen molar-refractivity contribution in [1.82, 2.24) is 15.2 Å². The molecule has 0 atom stereocenters. The maximum Gasteiger partial charge on any atom is 0.223 e. The molecule has 0 saturated carbocycles. The monoisotopic (exact) mass is 367 g/mol. The van der Waals surface area contributed by atoms with E-state index in [1.54, 1.807) is 18.0 Å². The van der Waals surface area contributed by atoms with Crippen LogP contribution < -0.4 is 10.1 Å². The molecule has 1 fully saturated rings. The van der Waals surface area contributed by atoms with E-state index in [-0.39, 0.29) is 17.7 Å². The normalized spacial score (nSPS) is 14.6. The molecule has 2 aromatic rings. The van der Waals surface area contributed by atoms with Crippen molar-refractivity contribution in [2.45, 2.75) is 32.9 Å². The molecule has 2 amide bonds. The van der Waals surface area contributed by atoms with Gasteiger partial charge >= 0.3 is 0 Å². The third kappa shape index (κ3) is 5.54. The molecule has 2 heterocycles. The Hall–Kier alpha value is -2.89. The molecule has 142 valence electrons. The Morgan fingerprint density at radius 1 is 1.19 bits per heavy atom. The number of rotatable bonds is 6. The summed E-state index contributed by atoms with van der Waals surface area (Å²) in [7, 11) is 0. The predicted octanol–water partition coefficient (Wildman–Crippen LogP) is 2.54. The van der Waals surface area contributed by atoms with E-state index in [9.17, 15) is 9.59 Å². The largest absolute Gasteiger partial charge is 0.487 e. The molecular weight excluding hydrogens is 342 g/mol. The zero-order valence-electron chi connectivity index (χ0n) is 15.6. The van der Waals surface area contributed by atoms with Crippen LogP contribution in [0.3, 0.4) is 0 Å². The van der Waals surface area contributed by atoms with Crippen molar-refractivity contribution in [1.29, 1.82) is 0 Å². The SMILES string of the molecule is CC(=O)N1CCC(C(=O)NCc2cccc(OCc3ccccn3)c2)CC1. The Morgan fingerprint density at radius 2 is 2.00 bits per heavy atom. The molecule has 6 heteroatoms. The molecule has 1 aromatic heterocycles. The van der Waals surface area contributed by atoms with Gasteiger partial charge in [0.25, 0.3) is 0 Å². The molecule has 1 N–H and O–H groups in total. The predicted molar refractivity (Wildman–Crippen MR) is 102 cm³/mol. The summed E-state index contributed by atoms with van der Waals surface area (Å²) in [6.45, 7) is 3.76. The van der Waals surface area contributed by atoms with Gasteiger partial charge in [0.1, 0.15) is 12.4 Å². The highest BCUT2D eigenvalue weighted by Crippen LogP contribution is 2.18. The Bertz CT molecular complexity index is 771. The van der Waals surface area contributed by atoms with Crippen molar-refractivity contribution >= 4 is 11.8 Å². The number of likely N-dealkylation sites (tertiary alicyclic amines) is 1. The number of benzene rings is 1. The highest BCUT2D eigenvalue weighted by atomic mass is 16.5. The Morgan fingerprint density at radius 3 is 2.70 bits per heavy atom. The van der Waals surface area contributed by atoms with Gasteiger partial charge in [0.15, 0.2) is 0 Å². The maximum atomic E-state index is 12.4. The third-order valence-electron chi connectivity index (χ3n) is 4.79. The van der Waals surface area contributed by atoms with Crippen molar-refractivity contribution < 1.29 is 14.3 Å². The standard InChI is InChI=1S/C21H25N3O3/c1-16(25)24-11-8-18(9-12-24)21(26)23-14-17-5-4-7-20(13-17)27-15-19-6-2-3-10-22-19/h2-7,10,13,18H,8-9,11-12,14-15H2,1H3,(H,23,26). The summed E-state index contributed by atoms with van der Waals surface area (Å²) < 4.78 is 5.78. The topological polar surface area (TPSA) is 71.5 Å². The molecule has 0 bridgehead atoms. The Balaban J connectivity index is 1.47. The smallest absolute Gasteiger partial charge is 0.223 e. The van der Waals surface area contributed by atoms with Gasteiger partial charge < -0.3 is 15.0 Å². The fraction of sp³-hybridized carbons (Fsp3) is 0.381. The highest BCUT2D eigenvalue weighted by Gasteiger charge is 2.25. The van der Waals surface area contributed by atoms with Gasteiger partial charge in [-0.2, -0.15) is 0 Å². The first-order chi connectivity index (χ1) is 13.1. The van der Waals surface area contributed by atoms with Gasteiger partial charge in [0.05, 0.1) is 5.69 Å². The average molecular weight is 367 g/mol. The minimum absolute atomic E-state index is 0.0239. The van der Waals surface area contributed by atoms with Crippen LogP contribution in [0.4, 0.5) is 0 Å². The molecule has 0 unspecified atom stereocenters. The second-order valence-electron chi connectivity index (χ2n) is 6.76. The molecule has 0 radical (unpaired) electrons. The van der Waals surface area contributed by atoms with E-state index >= 15 is 0 Å². The van der Waals surface area contributed by atoms with Gasteiger partial charge in [-0.05, 0) is 42.7 Å². The van der Waals surface area contributed by atoms with Crippen LogP contribution in [0.2, 0.25) is 0 Å². The minimum atomic E-state index is -0.0239. The van der Waals surface area contributed by atoms with E-state index in [1.807, 2.05) is 42.5 Å². The quantitative estimate of drug-likeness (QED) is 0.852. The number of nitrogens with one attached hydrogen (secondary N) is 1. The molecule has 1 saturated heterocycles. The number of carbonyl (C=O) groups excluding carboxylic acids is 2. The molecule has 1 aliphatic heterocycles. The van der Waals surface area contributed by atoms with E-state index in [0.717, 1.165) is 29.8 Å². The minimum Gasteiger partial charge on any atom is -0.487 e. The van der Waals surface area contributed by atoms with E-state index < -0.39 is 0 Å². The van der Waals surface area contributed by atoms with E-state index in [0.29, 0.717) is 26.2 Å². The van der Waals surface area contributed by atoms with Crippen molar-refractivity contribution in [2.24, 2.45) is 5.92 Å². The molecule has 1 aromatic carbocycles. The summed E-state index contributed by atoms with van der Waals surface area (Å²) in [5.41, 5.74) is 1.86. The lowest BCUT2D eigenvalue weighted by Crippen LogP contribution is -2.42. The van der Waals surface area contributed by atoms with Crippen molar-refractivity contribution in [3.8, 4) is 5.75 Å². The molecule has 0 aliphatic carbocycles. The van der Waals surface area contributed by atoms with Gasteiger partial charge in [0, 0.05) is 38.7 Å². The number of amides is 2. The zero-order valence-corrected chi connectivity index (χ0v) is 15.6. The van der Waals surface area contributed by atoms with Crippen LogP contribution in [-0.4, -0.2) is 34.8 Å². The van der Waals surface area contributed by atoms with Gasteiger partial charge in [-0.25, -0.2) is 0 Å². The first-order valence-corrected chi connectivity index (χ1v) is 9.26. The zero-order chi connectivity index (χ0) is 19.1. The first kappa shape index (κ1) is 18.9. The lowest BCUT2D eigenvalue weighted by atomic mass is 9.96. The molecule has 3 rings (SSSR count). The van der Waals surface area contributed by atoms with E-state index in [1.165, 1.54) is 0 Å². The van der Waals surface area contributed by atoms with Gasteiger partial charge in [-0.3, -0.25) is 14.6 Å². The lowest BCUT2D eigenvalue weighted by molar-refractivity contribution is -0.134. The van der Waals surface area contributed by atoms with Crippen LogP contribution in [-0.2, 0) is 22.7 Å². The van der Waals surface area contributed by atoms with E-state index in [2.05, 4.69) is 10.3 Å². The van der Waals surface area contributed by atoms with Crippen LogP contribution in [0.5, 0.6) is 5.75 Å². The van der Waals surface area contributed by atoms with Crippen molar-refractivity contribution in [3.63, 3.8) is 0 Å². The molecular formula is C21H25N3O3. The second kappa shape index (κ2) is 9.16. The summed E-state index contributed by atoms with van der Waals surface area (Å²) in [5.74, 6) is 0.862. The summed E-state index contributed by atoms with van der Waals surface area (Å²) in [6.07, 6.45) is 3.18. The Labute approximate surface area is 159 Å². The molecule has 0 spiro atoms. The highest BCUT2D eigenvalue weighted by molar-refractivity contribution is 5.79. The number of hydrogen-bond acceptors (Lipinski definition) is 4. The van der Waals surface area contributed by atoms with Crippen molar-refractivity contribution in [2.75, 3.05) is 13.1 Å². The summed E-state index contributed by atoms with van der Waals surface area (Å²) >= 11 is 0. The average Bonchev–Trinajstić information content (AvgIpc) is 2.71. The van der Waals surface area contributed by atoms with Crippen LogP contribution >= 0.6 is 0 Å². The van der Waals surface area contributed by atoms with Gasteiger partial charge in [-0.1, -0.05) is 18.2 Å². The van der Waals surface area contributed by atoms with Crippen LogP contribution in [0, 0.1) is 5.92 Å². The number of carbonyl (C=O) groups is 2. The van der Waals surface area contributed by atoms with Crippen LogP contribution in [0.1, 0.15) is 31.0 Å². The molecule has 6 nitrogen and oxygen atoms in total. The number of nitrogens with zero attached hydrogens (tertiary/aromatic N) is 2. The fourth-order valence-electron chi connectivity index (χ4n) is 3.18. The van der Waals surface area contributed by atoms with Crippen molar-refractivity contribution in [3.05, 3.63) is 59.9 Å². The number of ether oxygens (including phenoxy) is 1. The maximum absolute atomic E-state index is 12.4. The van der Waals surface area contributed by atoms with Gasteiger partial charge in [-0.15, -0.1) is 0 Å². The summed E-state index contributed by atoms with van der Waals surface area (Å²) in [5, 5.41) is 3.00. The van der Waals surface area contributed by atoms with Crippen LogP contribution in [0.25, 0.3) is 0 Å². The number of hydrogen-bond donors (Lipinski definition) is 1. The molecule has 1 aliphatic rings. The first-order valence-electron chi connectivity index (χ1n) is 9.26. The second-order valence-corrected chi connectivity index (χ2v) is 6.76. The van der Waals surface area contributed by atoms with Crippen LogP contribution in [0.15, 0.2) is 48.7 Å². The van der Waals surface area contributed by atoms with E-state index in [4.69, 9.17) is 4.74 Å². The summed E-state index contributed by atoms with van der Waals surface area (Å²) in [4.78, 5) is 29.8. The number of pyridine rings is 1. The number of piperidine rings is 1. The third-order valence-corrected chi connectivity index (χ3v) is 4.79. The number of aromatic nitrogens is 1. The summed E-state index contributed by atoms with van der Waals surface area (Å²) in [6, 6.07) is 13.4. The fourth-order valence-corrected chi connectivity index (χ4v) is 3.18. The lowest BCUT2D eigenvalue weighted by Gasteiger charge is -2.30. The Kier molecular flexibility index (Phi) is 6.41. The molecule has 27 heavy (non-hydrogen) atoms. The van der Waals surface area contributed by atoms with Gasteiger partial charge in [0.2, 0.25) is 11.8 Å².